The minimum Gasteiger partial charge on any atom is -0.241 e. The molecular weight excluding hydrogens is 216 g/mol. The third-order valence-corrected chi connectivity index (χ3v) is 3.29. The van der Waals surface area contributed by atoms with Gasteiger partial charge >= 0.3 is 0 Å². The van der Waals surface area contributed by atoms with E-state index in [-0.39, 0.29) is 5.56 Å². The number of benzene rings is 1. The molecule has 0 saturated heterocycles. The van der Waals surface area contributed by atoms with Gasteiger partial charge in [0.05, 0.1) is 5.69 Å². The Morgan fingerprint density at radius 1 is 1.20 bits per heavy atom. The summed E-state index contributed by atoms with van der Waals surface area (Å²) in [6.45, 7) is 3.76. The summed E-state index contributed by atoms with van der Waals surface area (Å²) in [4.78, 5) is 5.22. The van der Waals surface area contributed by atoms with Gasteiger partial charge in [-0.25, -0.2) is 13.8 Å². The van der Waals surface area contributed by atoms with Crippen LogP contribution in [0.25, 0.3) is 10.6 Å². The predicted molar refractivity (Wildman–Crippen MR) is 56.9 cm³/mol. The van der Waals surface area contributed by atoms with Gasteiger partial charge in [0.15, 0.2) is 0 Å². The Bertz CT molecular complexity index is 486. The minimum absolute atomic E-state index is 0.233. The van der Waals surface area contributed by atoms with Crippen LogP contribution in [0.2, 0.25) is 0 Å². The first-order chi connectivity index (χ1) is 7.08. The lowest BCUT2D eigenvalue weighted by atomic mass is 10.2. The number of aromatic nitrogens is 1. The van der Waals surface area contributed by atoms with Crippen LogP contribution < -0.4 is 0 Å². The Labute approximate surface area is 90.4 Å². The molecule has 2 aromatic rings. The summed E-state index contributed by atoms with van der Waals surface area (Å²) in [7, 11) is 0. The second kappa shape index (κ2) is 3.70. The first-order valence-corrected chi connectivity index (χ1v) is 5.29. The van der Waals surface area contributed by atoms with Crippen molar-refractivity contribution in [1.29, 1.82) is 0 Å². The van der Waals surface area contributed by atoms with Crippen molar-refractivity contribution >= 4 is 11.3 Å². The van der Waals surface area contributed by atoms with Gasteiger partial charge in [0.1, 0.15) is 16.6 Å². The molecule has 1 nitrogen and oxygen atoms in total. The topological polar surface area (TPSA) is 12.9 Å². The van der Waals surface area contributed by atoms with E-state index in [2.05, 4.69) is 4.98 Å². The fourth-order valence-electron chi connectivity index (χ4n) is 1.25. The molecular formula is C11H9F2NS. The maximum Gasteiger partial charge on any atom is 0.133 e. The lowest BCUT2D eigenvalue weighted by molar-refractivity contribution is 0.603. The molecule has 1 heterocycles. The zero-order valence-corrected chi connectivity index (χ0v) is 9.16. The Morgan fingerprint density at radius 3 is 2.53 bits per heavy atom. The number of aryl methyl sites for hydroxylation is 2. The van der Waals surface area contributed by atoms with Crippen LogP contribution in [0.3, 0.4) is 0 Å². The van der Waals surface area contributed by atoms with Crippen molar-refractivity contribution in [3.05, 3.63) is 40.4 Å². The summed E-state index contributed by atoms with van der Waals surface area (Å²) < 4.78 is 26.3. The number of thiazole rings is 1. The predicted octanol–water partition coefficient (Wildman–Crippen LogP) is 3.71. The number of rotatable bonds is 1. The highest BCUT2D eigenvalue weighted by Crippen LogP contribution is 2.29. The van der Waals surface area contributed by atoms with Gasteiger partial charge in [-0.05, 0) is 32.0 Å². The third-order valence-electron chi connectivity index (χ3n) is 2.19. The minimum atomic E-state index is -0.447. The Morgan fingerprint density at radius 2 is 1.93 bits per heavy atom. The van der Waals surface area contributed by atoms with E-state index in [1.807, 2.05) is 13.8 Å². The van der Waals surface area contributed by atoms with Crippen LogP contribution >= 0.6 is 11.3 Å². The fourth-order valence-corrected chi connectivity index (χ4v) is 2.18. The van der Waals surface area contributed by atoms with Gasteiger partial charge in [-0.15, -0.1) is 11.3 Å². The van der Waals surface area contributed by atoms with Crippen LogP contribution in [-0.4, -0.2) is 4.98 Å². The van der Waals surface area contributed by atoms with Crippen LogP contribution in [0.4, 0.5) is 8.78 Å². The van der Waals surface area contributed by atoms with E-state index >= 15 is 0 Å². The highest BCUT2D eigenvalue weighted by Gasteiger charge is 2.11. The van der Waals surface area contributed by atoms with Crippen LogP contribution in [0, 0.1) is 25.5 Å². The molecule has 2 rings (SSSR count). The van der Waals surface area contributed by atoms with Crippen molar-refractivity contribution in [3.8, 4) is 10.6 Å². The van der Waals surface area contributed by atoms with E-state index in [0.717, 1.165) is 22.7 Å². The van der Waals surface area contributed by atoms with Crippen LogP contribution in [0.1, 0.15) is 10.6 Å². The third kappa shape index (κ3) is 1.90. The van der Waals surface area contributed by atoms with Crippen molar-refractivity contribution in [2.45, 2.75) is 13.8 Å². The molecule has 0 saturated carbocycles. The molecule has 0 radical (unpaired) electrons. The molecule has 0 N–H and O–H groups in total. The van der Waals surface area contributed by atoms with E-state index in [0.29, 0.717) is 5.01 Å². The summed E-state index contributed by atoms with van der Waals surface area (Å²) >= 11 is 1.37. The van der Waals surface area contributed by atoms with Crippen molar-refractivity contribution < 1.29 is 8.78 Å². The second-order valence-electron chi connectivity index (χ2n) is 3.28. The Hall–Kier alpha value is -1.29. The average Bonchev–Trinajstić information content (AvgIpc) is 2.51. The van der Waals surface area contributed by atoms with Crippen molar-refractivity contribution in [3.63, 3.8) is 0 Å². The number of hydrogen-bond acceptors (Lipinski definition) is 2. The summed E-state index contributed by atoms with van der Waals surface area (Å²) in [5.41, 5.74) is 1.09. The van der Waals surface area contributed by atoms with Gasteiger partial charge in [0, 0.05) is 10.4 Å². The first kappa shape index (κ1) is 10.2. The molecule has 0 aliphatic heterocycles. The highest BCUT2D eigenvalue weighted by atomic mass is 32.1. The van der Waals surface area contributed by atoms with E-state index in [4.69, 9.17) is 0 Å². The maximum absolute atomic E-state index is 13.4. The first-order valence-electron chi connectivity index (χ1n) is 4.47. The Balaban J connectivity index is 2.58. The SMILES string of the molecule is Cc1nc(-c2cc(F)ccc2F)sc1C. The lowest BCUT2D eigenvalue weighted by Crippen LogP contribution is -1.85. The van der Waals surface area contributed by atoms with E-state index in [1.165, 1.54) is 17.4 Å². The second-order valence-corrected chi connectivity index (χ2v) is 4.49. The fraction of sp³-hybridized carbons (Fsp3) is 0.182. The van der Waals surface area contributed by atoms with Gasteiger partial charge in [-0.2, -0.15) is 0 Å². The molecule has 1 aromatic carbocycles. The zero-order valence-electron chi connectivity index (χ0n) is 8.34. The standard InChI is InChI=1S/C11H9F2NS/c1-6-7(2)15-11(14-6)9-5-8(12)3-4-10(9)13/h3-5H,1-2H3. The highest BCUT2D eigenvalue weighted by molar-refractivity contribution is 7.15. The van der Waals surface area contributed by atoms with Gasteiger partial charge in [-0.3, -0.25) is 0 Å². The molecule has 0 fully saturated rings. The summed E-state index contributed by atoms with van der Waals surface area (Å²) in [5, 5.41) is 0.530. The summed E-state index contributed by atoms with van der Waals surface area (Å²) in [5.74, 6) is -0.887. The molecule has 15 heavy (non-hydrogen) atoms. The van der Waals surface area contributed by atoms with Gasteiger partial charge in [0.25, 0.3) is 0 Å². The molecule has 78 valence electrons. The van der Waals surface area contributed by atoms with Crippen LogP contribution in [0.15, 0.2) is 18.2 Å². The summed E-state index contributed by atoms with van der Waals surface area (Å²) in [6.07, 6.45) is 0. The van der Waals surface area contributed by atoms with Gasteiger partial charge < -0.3 is 0 Å². The largest absolute Gasteiger partial charge is 0.241 e. The number of nitrogens with zero attached hydrogens (tertiary/aromatic N) is 1. The smallest absolute Gasteiger partial charge is 0.133 e. The van der Waals surface area contributed by atoms with E-state index in [9.17, 15) is 8.78 Å². The van der Waals surface area contributed by atoms with E-state index in [1.54, 1.807) is 0 Å². The Kier molecular flexibility index (Phi) is 2.52. The monoisotopic (exact) mass is 225 g/mol. The zero-order chi connectivity index (χ0) is 11.0. The molecule has 0 unspecified atom stereocenters. The van der Waals surface area contributed by atoms with Gasteiger partial charge in [-0.1, -0.05) is 0 Å². The maximum atomic E-state index is 13.4. The molecule has 0 spiro atoms. The molecule has 0 bridgehead atoms. The number of halogens is 2. The number of hydrogen-bond donors (Lipinski definition) is 0. The normalized spacial score (nSPS) is 10.7. The molecule has 4 heteroatoms. The van der Waals surface area contributed by atoms with Crippen molar-refractivity contribution in [1.82, 2.24) is 4.98 Å². The van der Waals surface area contributed by atoms with Crippen LogP contribution in [-0.2, 0) is 0 Å². The molecule has 1 aromatic heterocycles. The van der Waals surface area contributed by atoms with Gasteiger partial charge in [0.2, 0.25) is 0 Å². The molecule has 0 aliphatic carbocycles. The quantitative estimate of drug-likeness (QED) is 0.721. The molecule has 0 aliphatic rings. The summed E-state index contributed by atoms with van der Waals surface area (Å²) in [6, 6.07) is 3.40. The van der Waals surface area contributed by atoms with Crippen molar-refractivity contribution in [2.75, 3.05) is 0 Å². The molecule has 0 atom stereocenters. The van der Waals surface area contributed by atoms with E-state index < -0.39 is 11.6 Å². The lowest BCUT2D eigenvalue weighted by Gasteiger charge is -1.98. The average molecular weight is 225 g/mol. The van der Waals surface area contributed by atoms with Crippen molar-refractivity contribution in [2.24, 2.45) is 0 Å². The van der Waals surface area contributed by atoms with Crippen LogP contribution in [0.5, 0.6) is 0 Å². The molecule has 0 amide bonds.